The molecule has 1 aliphatic rings. The molecule has 3 aromatic carbocycles. The van der Waals surface area contributed by atoms with E-state index in [2.05, 4.69) is 35.8 Å². The number of carbonyl (C=O) groups excluding carboxylic acids is 1. The number of hydrogen-bond donors (Lipinski definition) is 0. The van der Waals surface area contributed by atoms with Crippen molar-refractivity contribution in [2.24, 2.45) is 0 Å². The van der Waals surface area contributed by atoms with E-state index in [1.54, 1.807) is 17.0 Å². The standard InChI is InChI=1S/C25H22FN3O/c1-17-6-2-3-7-18(17)15-29-23-9-5-4-8-22(23)27-25(29)19-14-24(30)28(16-19)21-12-10-20(26)11-13-21/h2-13,19H,14-16H2,1H3. The Balaban J connectivity index is 1.53. The molecule has 1 unspecified atom stereocenters. The number of imidazole rings is 1. The second-order valence-electron chi connectivity index (χ2n) is 7.85. The van der Waals surface area contributed by atoms with Gasteiger partial charge in [-0.05, 0) is 54.4 Å². The lowest BCUT2D eigenvalue weighted by molar-refractivity contribution is -0.117. The van der Waals surface area contributed by atoms with Gasteiger partial charge in [0.2, 0.25) is 5.91 Å². The highest BCUT2D eigenvalue weighted by molar-refractivity contribution is 5.96. The first-order chi connectivity index (χ1) is 14.6. The molecule has 1 aromatic heterocycles. The number of benzene rings is 3. The summed E-state index contributed by atoms with van der Waals surface area (Å²) in [7, 11) is 0. The van der Waals surface area contributed by atoms with Crippen LogP contribution >= 0.6 is 0 Å². The summed E-state index contributed by atoms with van der Waals surface area (Å²) in [5, 5.41) is 0. The van der Waals surface area contributed by atoms with Crippen molar-refractivity contribution in [3.05, 3.63) is 95.6 Å². The van der Waals surface area contributed by atoms with E-state index in [1.165, 1.54) is 23.3 Å². The van der Waals surface area contributed by atoms with E-state index < -0.39 is 0 Å². The number of halogens is 1. The van der Waals surface area contributed by atoms with Crippen LogP contribution < -0.4 is 4.90 Å². The van der Waals surface area contributed by atoms with Gasteiger partial charge in [0.25, 0.3) is 0 Å². The van der Waals surface area contributed by atoms with Gasteiger partial charge in [-0.15, -0.1) is 0 Å². The molecule has 0 spiro atoms. The van der Waals surface area contributed by atoms with E-state index in [-0.39, 0.29) is 17.6 Å². The number of anilines is 1. The smallest absolute Gasteiger partial charge is 0.227 e. The fourth-order valence-corrected chi connectivity index (χ4v) is 4.28. The molecule has 1 saturated heterocycles. The Morgan fingerprint density at radius 1 is 1.00 bits per heavy atom. The molecule has 0 bridgehead atoms. The van der Waals surface area contributed by atoms with Gasteiger partial charge in [0, 0.05) is 31.1 Å². The van der Waals surface area contributed by atoms with Crippen LogP contribution in [-0.4, -0.2) is 22.0 Å². The van der Waals surface area contributed by atoms with Crippen LogP contribution in [0.1, 0.15) is 29.3 Å². The molecule has 2 heterocycles. The Bertz CT molecular complexity index is 1230. The van der Waals surface area contributed by atoms with Crippen LogP contribution in [0.3, 0.4) is 0 Å². The average molecular weight is 399 g/mol. The van der Waals surface area contributed by atoms with E-state index in [0.29, 0.717) is 19.5 Å². The van der Waals surface area contributed by atoms with Crippen molar-refractivity contribution in [3.63, 3.8) is 0 Å². The molecule has 150 valence electrons. The summed E-state index contributed by atoms with van der Waals surface area (Å²) >= 11 is 0. The zero-order valence-corrected chi connectivity index (χ0v) is 16.8. The zero-order valence-electron chi connectivity index (χ0n) is 16.8. The molecule has 1 aliphatic heterocycles. The monoisotopic (exact) mass is 399 g/mol. The second-order valence-corrected chi connectivity index (χ2v) is 7.85. The molecule has 5 rings (SSSR count). The molecular weight excluding hydrogens is 377 g/mol. The van der Waals surface area contributed by atoms with E-state index in [1.807, 2.05) is 24.3 Å². The number of para-hydroxylation sites is 2. The van der Waals surface area contributed by atoms with Gasteiger partial charge >= 0.3 is 0 Å². The molecule has 0 radical (unpaired) electrons. The predicted octanol–water partition coefficient (Wildman–Crippen LogP) is 5.05. The van der Waals surface area contributed by atoms with Crippen molar-refractivity contribution in [1.82, 2.24) is 9.55 Å². The second kappa shape index (κ2) is 7.41. The largest absolute Gasteiger partial charge is 0.323 e. The highest BCUT2D eigenvalue weighted by atomic mass is 19.1. The number of hydrogen-bond acceptors (Lipinski definition) is 2. The van der Waals surface area contributed by atoms with Crippen molar-refractivity contribution >= 4 is 22.6 Å². The number of aryl methyl sites for hydroxylation is 1. The maximum Gasteiger partial charge on any atom is 0.227 e. The normalized spacial score (nSPS) is 16.5. The van der Waals surface area contributed by atoms with Crippen LogP contribution in [-0.2, 0) is 11.3 Å². The van der Waals surface area contributed by atoms with Crippen LogP contribution in [0, 0.1) is 12.7 Å². The zero-order chi connectivity index (χ0) is 20.7. The van der Waals surface area contributed by atoms with E-state index in [4.69, 9.17) is 4.98 Å². The van der Waals surface area contributed by atoms with Crippen molar-refractivity contribution < 1.29 is 9.18 Å². The molecular formula is C25H22FN3O. The fourth-order valence-electron chi connectivity index (χ4n) is 4.28. The first-order valence-electron chi connectivity index (χ1n) is 10.2. The quantitative estimate of drug-likeness (QED) is 0.481. The van der Waals surface area contributed by atoms with Gasteiger partial charge in [0.15, 0.2) is 0 Å². The summed E-state index contributed by atoms with van der Waals surface area (Å²) in [4.78, 5) is 19.4. The first kappa shape index (κ1) is 18.6. The topological polar surface area (TPSA) is 38.1 Å². The van der Waals surface area contributed by atoms with Gasteiger partial charge < -0.3 is 9.47 Å². The maximum atomic E-state index is 13.3. The molecule has 5 heteroatoms. The summed E-state index contributed by atoms with van der Waals surface area (Å²) in [6, 6.07) is 22.6. The van der Waals surface area contributed by atoms with Gasteiger partial charge in [0.05, 0.1) is 11.0 Å². The molecule has 4 nitrogen and oxygen atoms in total. The molecule has 1 amide bonds. The Kier molecular flexibility index (Phi) is 4.58. The summed E-state index contributed by atoms with van der Waals surface area (Å²) in [5.74, 6) is 0.652. The molecule has 4 aromatic rings. The van der Waals surface area contributed by atoms with Gasteiger partial charge in [-0.25, -0.2) is 9.37 Å². The third-order valence-electron chi connectivity index (χ3n) is 5.90. The molecule has 1 atom stereocenters. The summed E-state index contributed by atoms with van der Waals surface area (Å²) < 4.78 is 15.5. The fraction of sp³-hybridized carbons (Fsp3) is 0.200. The van der Waals surface area contributed by atoms with Crippen LogP contribution in [0.4, 0.5) is 10.1 Å². The lowest BCUT2D eigenvalue weighted by Crippen LogP contribution is -2.24. The molecule has 0 N–H and O–H groups in total. The summed E-state index contributed by atoms with van der Waals surface area (Å²) in [5.41, 5.74) is 5.21. The molecule has 1 fully saturated rings. The van der Waals surface area contributed by atoms with E-state index in [0.717, 1.165) is 22.5 Å². The van der Waals surface area contributed by atoms with Crippen molar-refractivity contribution in [1.29, 1.82) is 0 Å². The highest BCUT2D eigenvalue weighted by Gasteiger charge is 2.34. The summed E-state index contributed by atoms with van der Waals surface area (Å²) in [6.45, 7) is 3.37. The molecule has 0 saturated carbocycles. The minimum absolute atomic E-state index is 0.0148. The van der Waals surface area contributed by atoms with Gasteiger partial charge in [-0.2, -0.15) is 0 Å². The van der Waals surface area contributed by atoms with Crippen LogP contribution in [0.15, 0.2) is 72.8 Å². The Morgan fingerprint density at radius 2 is 1.73 bits per heavy atom. The third kappa shape index (κ3) is 3.26. The number of carbonyl (C=O) groups is 1. The average Bonchev–Trinajstić information content (AvgIpc) is 3.31. The Labute approximate surface area is 174 Å². The van der Waals surface area contributed by atoms with Gasteiger partial charge in [0.1, 0.15) is 11.6 Å². The van der Waals surface area contributed by atoms with E-state index in [9.17, 15) is 9.18 Å². The summed E-state index contributed by atoms with van der Waals surface area (Å²) in [6.07, 6.45) is 0.397. The number of amides is 1. The SMILES string of the molecule is Cc1ccccc1Cn1c(C2CC(=O)N(c3ccc(F)cc3)C2)nc2ccccc21. The number of rotatable bonds is 4. The molecule has 30 heavy (non-hydrogen) atoms. The predicted molar refractivity (Wildman–Crippen MR) is 116 cm³/mol. The number of fused-ring (bicyclic) bond motifs is 1. The lowest BCUT2D eigenvalue weighted by Gasteiger charge is -2.18. The lowest BCUT2D eigenvalue weighted by atomic mass is 10.1. The van der Waals surface area contributed by atoms with Gasteiger partial charge in [-0.1, -0.05) is 36.4 Å². The van der Waals surface area contributed by atoms with Crippen molar-refractivity contribution in [3.8, 4) is 0 Å². The first-order valence-corrected chi connectivity index (χ1v) is 10.2. The molecule has 0 aliphatic carbocycles. The van der Waals surface area contributed by atoms with Gasteiger partial charge in [-0.3, -0.25) is 4.79 Å². The van der Waals surface area contributed by atoms with E-state index >= 15 is 0 Å². The Morgan fingerprint density at radius 3 is 2.53 bits per heavy atom. The minimum atomic E-state index is -0.304. The van der Waals surface area contributed by atoms with Crippen molar-refractivity contribution in [2.75, 3.05) is 11.4 Å². The maximum absolute atomic E-state index is 13.3. The number of aromatic nitrogens is 2. The Hall–Kier alpha value is -3.47. The van der Waals surface area contributed by atoms with Crippen LogP contribution in [0.25, 0.3) is 11.0 Å². The highest BCUT2D eigenvalue weighted by Crippen LogP contribution is 2.33. The third-order valence-corrected chi connectivity index (χ3v) is 5.90. The number of nitrogens with zero attached hydrogens (tertiary/aromatic N) is 3. The van der Waals surface area contributed by atoms with Crippen molar-refractivity contribution in [2.45, 2.75) is 25.8 Å². The van der Waals surface area contributed by atoms with Crippen LogP contribution in [0.5, 0.6) is 0 Å². The minimum Gasteiger partial charge on any atom is -0.323 e. The van der Waals surface area contributed by atoms with Crippen LogP contribution in [0.2, 0.25) is 0 Å².